The highest BCUT2D eigenvalue weighted by Gasteiger charge is 2.23. The molecule has 0 aliphatic carbocycles. The molecule has 0 radical (unpaired) electrons. The molecular weight excluding hydrogens is 224 g/mol. The van der Waals surface area contributed by atoms with Gasteiger partial charge in [-0.2, -0.15) is 0 Å². The van der Waals surface area contributed by atoms with Crippen LogP contribution in [0.25, 0.3) is 0 Å². The minimum Gasteiger partial charge on any atom is -0.491 e. The molecule has 0 saturated carbocycles. The van der Waals surface area contributed by atoms with E-state index < -0.39 is 0 Å². The van der Waals surface area contributed by atoms with Crippen LogP contribution < -0.4 is 4.74 Å². The lowest BCUT2D eigenvalue weighted by molar-refractivity contribution is 0.263. The van der Waals surface area contributed by atoms with E-state index in [-0.39, 0.29) is 5.41 Å². The van der Waals surface area contributed by atoms with Crippen LogP contribution in [0.1, 0.15) is 19.4 Å². The molecule has 0 aromatic heterocycles. The highest BCUT2D eigenvalue weighted by atomic mass is 16.6. The van der Waals surface area contributed by atoms with Crippen LogP contribution in [0.3, 0.4) is 0 Å². The van der Waals surface area contributed by atoms with E-state index in [9.17, 15) is 0 Å². The van der Waals surface area contributed by atoms with Gasteiger partial charge in [0.2, 0.25) is 0 Å². The molecule has 1 unspecified atom stereocenters. The van der Waals surface area contributed by atoms with Gasteiger partial charge in [-0.15, -0.1) is 0 Å². The molecule has 1 fully saturated rings. The molecule has 1 aromatic rings. The molecule has 0 N–H and O–H groups in total. The normalized spacial score (nSPS) is 17.6. The van der Waals surface area contributed by atoms with Gasteiger partial charge in [-0.05, 0) is 37.6 Å². The minimum atomic E-state index is -0.174. The molecule has 1 aliphatic heterocycles. The molecule has 1 atom stereocenters. The molecule has 1 aromatic carbocycles. The quantitative estimate of drug-likeness (QED) is 0.598. The van der Waals surface area contributed by atoms with Crippen LogP contribution in [0.15, 0.2) is 36.9 Å². The van der Waals surface area contributed by atoms with Gasteiger partial charge in [0.15, 0.2) is 0 Å². The first-order valence-electron chi connectivity index (χ1n) is 6.10. The number of hydrogen-bond donors (Lipinski definition) is 0. The largest absolute Gasteiger partial charge is 0.491 e. The Hall–Kier alpha value is -1.72. The Morgan fingerprint density at radius 1 is 1.44 bits per heavy atom. The molecule has 0 spiro atoms. The van der Waals surface area contributed by atoms with Gasteiger partial charge >= 0.3 is 0 Å². The molecule has 0 amide bonds. The zero-order valence-electron chi connectivity index (χ0n) is 10.9. The lowest BCUT2D eigenvalue weighted by Gasteiger charge is -2.18. The third-order valence-corrected chi connectivity index (χ3v) is 2.90. The molecule has 94 valence electrons. The van der Waals surface area contributed by atoms with Crippen LogP contribution in [0, 0.1) is 11.8 Å². The van der Waals surface area contributed by atoms with Crippen molar-refractivity contribution in [3.8, 4) is 17.6 Å². The van der Waals surface area contributed by atoms with E-state index >= 15 is 0 Å². The van der Waals surface area contributed by atoms with Gasteiger partial charge in [0.25, 0.3) is 0 Å². The van der Waals surface area contributed by atoms with E-state index in [2.05, 4.69) is 44.4 Å². The van der Waals surface area contributed by atoms with Crippen molar-refractivity contribution in [3.63, 3.8) is 0 Å². The lowest BCUT2D eigenvalue weighted by Crippen LogP contribution is -2.14. The summed E-state index contributed by atoms with van der Waals surface area (Å²) < 4.78 is 10.7. The summed E-state index contributed by atoms with van der Waals surface area (Å²) in [7, 11) is 0. The van der Waals surface area contributed by atoms with Crippen LogP contribution in [0.5, 0.6) is 5.75 Å². The maximum absolute atomic E-state index is 5.60. The number of epoxide rings is 1. The van der Waals surface area contributed by atoms with Crippen LogP contribution >= 0.6 is 0 Å². The summed E-state index contributed by atoms with van der Waals surface area (Å²) in [4.78, 5) is 0. The molecule has 1 saturated heterocycles. The molecule has 2 rings (SSSR count). The Labute approximate surface area is 109 Å². The molecule has 0 bridgehead atoms. The second-order valence-electron chi connectivity index (χ2n) is 4.89. The summed E-state index contributed by atoms with van der Waals surface area (Å²) in [6.07, 6.45) is 1.91. The van der Waals surface area contributed by atoms with E-state index in [0.717, 1.165) is 12.4 Å². The van der Waals surface area contributed by atoms with Crippen LogP contribution in [-0.4, -0.2) is 19.3 Å². The summed E-state index contributed by atoms with van der Waals surface area (Å²) in [5.41, 5.74) is 0.999. The Morgan fingerprint density at radius 3 is 2.67 bits per heavy atom. The van der Waals surface area contributed by atoms with Crippen molar-refractivity contribution in [2.45, 2.75) is 25.4 Å². The first-order chi connectivity index (χ1) is 8.62. The standard InChI is InChI=1S/C16H18O2/c1-4-5-10-16(2,3)13-6-8-14(9-7-13)17-11-15-12-18-15/h4,6-9,15H,1,11-12H2,2-3H3. The predicted molar refractivity (Wildman–Crippen MR) is 72.7 cm³/mol. The van der Waals surface area contributed by atoms with Gasteiger partial charge in [-0.3, -0.25) is 0 Å². The molecule has 2 heteroatoms. The minimum absolute atomic E-state index is 0.174. The average Bonchev–Trinajstić information content (AvgIpc) is 3.18. The van der Waals surface area contributed by atoms with Gasteiger partial charge in [0.1, 0.15) is 18.5 Å². The lowest BCUT2D eigenvalue weighted by atomic mass is 9.85. The molecule has 2 nitrogen and oxygen atoms in total. The second-order valence-corrected chi connectivity index (χ2v) is 4.89. The first kappa shape index (κ1) is 12.7. The van der Waals surface area contributed by atoms with Gasteiger partial charge in [-0.25, -0.2) is 0 Å². The summed E-state index contributed by atoms with van der Waals surface area (Å²) >= 11 is 0. The Bertz CT molecular complexity index is 470. The van der Waals surface area contributed by atoms with E-state index in [1.165, 1.54) is 5.56 Å². The van der Waals surface area contributed by atoms with Gasteiger partial charge in [0.05, 0.1) is 12.0 Å². The third-order valence-electron chi connectivity index (χ3n) is 2.90. The molecule has 18 heavy (non-hydrogen) atoms. The van der Waals surface area contributed by atoms with Crippen molar-refractivity contribution in [1.82, 2.24) is 0 Å². The smallest absolute Gasteiger partial charge is 0.119 e. The monoisotopic (exact) mass is 242 g/mol. The van der Waals surface area contributed by atoms with E-state index in [1.807, 2.05) is 12.1 Å². The van der Waals surface area contributed by atoms with E-state index in [0.29, 0.717) is 12.7 Å². The van der Waals surface area contributed by atoms with Crippen molar-refractivity contribution in [3.05, 3.63) is 42.5 Å². The number of benzene rings is 1. The van der Waals surface area contributed by atoms with E-state index in [1.54, 1.807) is 6.08 Å². The van der Waals surface area contributed by atoms with Crippen molar-refractivity contribution in [2.24, 2.45) is 0 Å². The highest BCUT2D eigenvalue weighted by molar-refractivity contribution is 5.38. The summed E-state index contributed by atoms with van der Waals surface area (Å²) in [6.45, 7) is 9.26. The zero-order chi connectivity index (χ0) is 13.0. The van der Waals surface area contributed by atoms with Crippen molar-refractivity contribution >= 4 is 0 Å². The predicted octanol–water partition coefficient (Wildman–Crippen LogP) is 2.93. The van der Waals surface area contributed by atoms with Crippen molar-refractivity contribution < 1.29 is 9.47 Å². The second kappa shape index (κ2) is 5.29. The maximum atomic E-state index is 5.60. The molecule has 1 aliphatic rings. The number of allylic oxidation sites excluding steroid dienone is 1. The van der Waals surface area contributed by atoms with Crippen LogP contribution in [-0.2, 0) is 10.2 Å². The van der Waals surface area contributed by atoms with Crippen molar-refractivity contribution in [2.75, 3.05) is 13.2 Å². The fourth-order valence-electron chi connectivity index (χ4n) is 1.62. The fourth-order valence-corrected chi connectivity index (χ4v) is 1.62. The third kappa shape index (κ3) is 3.38. The molecule has 1 heterocycles. The topological polar surface area (TPSA) is 21.8 Å². The summed E-state index contributed by atoms with van der Waals surface area (Å²) in [5.74, 6) is 6.97. The van der Waals surface area contributed by atoms with E-state index in [4.69, 9.17) is 9.47 Å². The Balaban J connectivity index is 2.03. The molecular formula is C16H18O2. The summed E-state index contributed by atoms with van der Waals surface area (Å²) in [5, 5.41) is 0. The fraction of sp³-hybridized carbons (Fsp3) is 0.375. The number of rotatable bonds is 4. The maximum Gasteiger partial charge on any atom is 0.119 e. The van der Waals surface area contributed by atoms with Gasteiger partial charge in [0, 0.05) is 0 Å². The average molecular weight is 242 g/mol. The highest BCUT2D eigenvalue weighted by Crippen LogP contribution is 2.25. The van der Waals surface area contributed by atoms with Crippen LogP contribution in [0.4, 0.5) is 0 Å². The number of ether oxygens (including phenoxy) is 2. The van der Waals surface area contributed by atoms with Crippen LogP contribution in [0.2, 0.25) is 0 Å². The SMILES string of the molecule is C=CC#CC(C)(C)c1ccc(OCC2CO2)cc1. The van der Waals surface area contributed by atoms with Gasteiger partial charge in [-0.1, -0.05) is 30.6 Å². The van der Waals surface area contributed by atoms with Gasteiger partial charge < -0.3 is 9.47 Å². The summed E-state index contributed by atoms with van der Waals surface area (Å²) in [6, 6.07) is 8.08. The Morgan fingerprint density at radius 2 is 2.11 bits per heavy atom. The zero-order valence-corrected chi connectivity index (χ0v) is 10.9. The van der Waals surface area contributed by atoms with Crippen molar-refractivity contribution in [1.29, 1.82) is 0 Å². The number of hydrogen-bond acceptors (Lipinski definition) is 2. The first-order valence-corrected chi connectivity index (χ1v) is 6.10. The Kier molecular flexibility index (Phi) is 3.74.